The summed E-state index contributed by atoms with van der Waals surface area (Å²) in [4.78, 5) is 0. The molecule has 0 aliphatic carbocycles. The summed E-state index contributed by atoms with van der Waals surface area (Å²) in [5, 5.41) is 5.38. The lowest BCUT2D eigenvalue weighted by molar-refractivity contribution is -0.0341. The molecule has 2 nitrogen and oxygen atoms in total. The van der Waals surface area contributed by atoms with Gasteiger partial charge in [-0.15, -0.1) is 0 Å². The van der Waals surface area contributed by atoms with Gasteiger partial charge in [-0.3, -0.25) is 0 Å². The molecule has 0 saturated heterocycles. The summed E-state index contributed by atoms with van der Waals surface area (Å²) in [6, 6.07) is 0. The van der Waals surface area contributed by atoms with E-state index in [0.29, 0.717) is 0 Å². The Morgan fingerprint density at radius 2 is 0.909 bits per heavy atom. The van der Waals surface area contributed by atoms with Crippen LogP contribution in [0.4, 0.5) is 0 Å². The minimum atomic E-state index is 0.801. The van der Waals surface area contributed by atoms with Crippen molar-refractivity contribution in [2.45, 2.75) is 92.9 Å². The molecule has 0 bridgehead atoms. The normalized spacial score (nSPS) is 12.3. The zero-order chi connectivity index (χ0) is 16.8. The van der Waals surface area contributed by atoms with Crippen molar-refractivity contribution in [3.8, 4) is 0 Å². The molecule has 0 saturated carbocycles. The Morgan fingerprint density at radius 1 is 0.545 bits per heavy atom. The Kier molecular flexibility index (Phi) is 14.5. The molecule has 0 spiro atoms. The van der Waals surface area contributed by atoms with Crippen molar-refractivity contribution in [3.63, 3.8) is 0 Å². The van der Waals surface area contributed by atoms with Gasteiger partial charge in [0.1, 0.15) is 0 Å². The zero-order valence-corrected chi connectivity index (χ0v) is 16.5. The van der Waals surface area contributed by atoms with Crippen molar-refractivity contribution < 1.29 is 0 Å². The van der Waals surface area contributed by atoms with Crippen LogP contribution in [0.2, 0.25) is 0 Å². The number of unbranched alkanes of at least 4 members (excludes halogenated alkanes) is 4. The maximum absolute atomic E-state index is 2.69. The summed E-state index contributed by atoms with van der Waals surface area (Å²) in [5.74, 6) is 1.60. The first-order valence-electron chi connectivity index (χ1n) is 10.0. The second kappa shape index (κ2) is 14.5. The first-order valence-corrected chi connectivity index (χ1v) is 10.0. The quantitative estimate of drug-likeness (QED) is 0.271. The number of rotatable bonds is 15. The van der Waals surface area contributed by atoms with Crippen LogP contribution in [0.5, 0.6) is 0 Å². The van der Waals surface area contributed by atoms with E-state index in [1.165, 1.54) is 77.5 Å². The summed E-state index contributed by atoms with van der Waals surface area (Å²) >= 11 is 0. The van der Waals surface area contributed by atoms with Gasteiger partial charge in [0.15, 0.2) is 0 Å². The first-order chi connectivity index (χ1) is 10.5. The molecular formula is C20H44N2. The van der Waals surface area contributed by atoms with Crippen molar-refractivity contribution in [2.75, 3.05) is 26.2 Å². The smallest absolute Gasteiger partial charge is 0.0135 e. The molecule has 0 aliphatic rings. The lowest BCUT2D eigenvalue weighted by Gasteiger charge is -2.36. The Labute approximate surface area is 141 Å². The Balaban J connectivity index is 4.55. The minimum Gasteiger partial charge on any atom is -0.242 e. The van der Waals surface area contributed by atoms with E-state index in [2.05, 4.69) is 51.6 Å². The Bertz CT molecular complexity index is 204. The molecule has 22 heavy (non-hydrogen) atoms. The van der Waals surface area contributed by atoms with Crippen LogP contribution >= 0.6 is 0 Å². The summed E-state index contributed by atoms with van der Waals surface area (Å²) in [6.45, 7) is 19.0. The molecule has 134 valence electrons. The molecule has 0 amide bonds. The van der Waals surface area contributed by atoms with Gasteiger partial charge in [0.2, 0.25) is 0 Å². The van der Waals surface area contributed by atoms with Crippen LogP contribution in [0, 0.1) is 11.8 Å². The molecule has 0 fully saturated rings. The van der Waals surface area contributed by atoms with E-state index in [9.17, 15) is 0 Å². The van der Waals surface area contributed by atoms with E-state index in [0.717, 1.165) is 11.8 Å². The van der Waals surface area contributed by atoms with Crippen LogP contribution in [0.3, 0.4) is 0 Å². The molecule has 0 N–H and O–H groups in total. The van der Waals surface area contributed by atoms with Gasteiger partial charge >= 0.3 is 0 Å². The number of hydrogen-bond donors (Lipinski definition) is 0. The molecule has 0 rings (SSSR count). The third-order valence-electron chi connectivity index (χ3n) is 4.37. The number of nitrogens with zero attached hydrogens (tertiary/aromatic N) is 2. The molecule has 0 heterocycles. The fourth-order valence-corrected chi connectivity index (χ4v) is 2.69. The monoisotopic (exact) mass is 312 g/mol. The molecule has 0 aromatic heterocycles. The second-order valence-corrected chi connectivity index (χ2v) is 7.69. The SMILES string of the molecule is CCCCCN(CCCCC)N(CCC(C)C)CCC(C)C. The topological polar surface area (TPSA) is 6.48 Å². The van der Waals surface area contributed by atoms with Crippen molar-refractivity contribution in [3.05, 3.63) is 0 Å². The highest BCUT2D eigenvalue weighted by atomic mass is 15.6. The summed E-state index contributed by atoms with van der Waals surface area (Å²) in [7, 11) is 0. The Hall–Kier alpha value is -0.0800. The van der Waals surface area contributed by atoms with Crippen LogP contribution in [0.25, 0.3) is 0 Å². The van der Waals surface area contributed by atoms with Crippen LogP contribution in [-0.2, 0) is 0 Å². The molecule has 0 atom stereocenters. The van der Waals surface area contributed by atoms with Gasteiger partial charge in [0, 0.05) is 26.2 Å². The van der Waals surface area contributed by atoms with E-state index >= 15 is 0 Å². The van der Waals surface area contributed by atoms with Crippen LogP contribution in [-0.4, -0.2) is 36.2 Å². The number of hydrogen-bond acceptors (Lipinski definition) is 2. The first kappa shape index (κ1) is 21.9. The van der Waals surface area contributed by atoms with Crippen molar-refractivity contribution in [2.24, 2.45) is 11.8 Å². The highest BCUT2D eigenvalue weighted by Gasteiger charge is 2.15. The van der Waals surface area contributed by atoms with E-state index in [-0.39, 0.29) is 0 Å². The van der Waals surface area contributed by atoms with Crippen LogP contribution in [0.1, 0.15) is 92.9 Å². The van der Waals surface area contributed by atoms with Gasteiger partial charge in [-0.1, -0.05) is 67.2 Å². The Morgan fingerprint density at radius 3 is 1.23 bits per heavy atom. The fourth-order valence-electron chi connectivity index (χ4n) is 2.69. The van der Waals surface area contributed by atoms with E-state index < -0.39 is 0 Å². The highest BCUT2D eigenvalue weighted by Crippen LogP contribution is 2.12. The zero-order valence-electron chi connectivity index (χ0n) is 16.5. The lowest BCUT2D eigenvalue weighted by Crippen LogP contribution is -2.45. The average molecular weight is 313 g/mol. The van der Waals surface area contributed by atoms with Crippen LogP contribution < -0.4 is 0 Å². The average Bonchev–Trinajstić information content (AvgIpc) is 2.46. The number of hydrazine groups is 1. The predicted molar refractivity (Wildman–Crippen MR) is 101 cm³/mol. The molecule has 0 aliphatic heterocycles. The molecule has 2 heteroatoms. The maximum Gasteiger partial charge on any atom is 0.0135 e. The molecular weight excluding hydrogens is 268 g/mol. The molecule has 0 aromatic rings. The second-order valence-electron chi connectivity index (χ2n) is 7.69. The van der Waals surface area contributed by atoms with Gasteiger partial charge in [-0.25, -0.2) is 10.0 Å². The standard InChI is InChI=1S/C20H44N2/c1-7-9-11-15-21(16-12-10-8-2)22(17-13-19(3)4)18-14-20(5)6/h19-20H,7-18H2,1-6H3. The van der Waals surface area contributed by atoms with Crippen molar-refractivity contribution in [1.82, 2.24) is 10.0 Å². The van der Waals surface area contributed by atoms with Crippen LogP contribution in [0.15, 0.2) is 0 Å². The maximum atomic E-state index is 2.69. The van der Waals surface area contributed by atoms with Crippen molar-refractivity contribution in [1.29, 1.82) is 0 Å². The predicted octanol–water partition coefficient (Wildman–Crippen LogP) is 5.98. The third-order valence-corrected chi connectivity index (χ3v) is 4.37. The largest absolute Gasteiger partial charge is 0.242 e. The summed E-state index contributed by atoms with van der Waals surface area (Å²) < 4.78 is 0. The summed E-state index contributed by atoms with van der Waals surface area (Å²) in [5.41, 5.74) is 0. The van der Waals surface area contributed by atoms with Crippen molar-refractivity contribution >= 4 is 0 Å². The lowest BCUT2D eigenvalue weighted by atomic mass is 10.1. The van der Waals surface area contributed by atoms with E-state index in [4.69, 9.17) is 0 Å². The van der Waals surface area contributed by atoms with Gasteiger partial charge in [-0.05, 0) is 37.5 Å². The summed E-state index contributed by atoms with van der Waals surface area (Å²) in [6.07, 6.45) is 10.7. The van der Waals surface area contributed by atoms with E-state index in [1.807, 2.05) is 0 Å². The molecule has 0 aromatic carbocycles. The van der Waals surface area contributed by atoms with Gasteiger partial charge in [0.25, 0.3) is 0 Å². The fraction of sp³-hybridized carbons (Fsp3) is 1.00. The third kappa shape index (κ3) is 12.5. The highest BCUT2D eigenvalue weighted by molar-refractivity contribution is 4.63. The van der Waals surface area contributed by atoms with Gasteiger partial charge in [-0.2, -0.15) is 0 Å². The van der Waals surface area contributed by atoms with E-state index in [1.54, 1.807) is 0 Å². The molecule has 0 radical (unpaired) electrons. The van der Waals surface area contributed by atoms with Gasteiger partial charge < -0.3 is 0 Å². The minimum absolute atomic E-state index is 0.801. The molecule has 0 unspecified atom stereocenters. The van der Waals surface area contributed by atoms with Gasteiger partial charge in [0.05, 0.1) is 0 Å².